The van der Waals surface area contributed by atoms with Gasteiger partial charge in [0.25, 0.3) is 0 Å². The molecule has 0 aromatic rings. The van der Waals surface area contributed by atoms with Gasteiger partial charge in [0, 0.05) is 0 Å². The number of hydrogen-bond acceptors (Lipinski definition) is 1. The number of carbonyl (C=O) groups is 1. The first-order valence-corrected chi connectivity index (χ1v) is 12.7. The summed E-state index contributed by atoms with van der Waals surface area (Å²) >= 11 is 0. The quantitative estimate of drug-likeness (QED) is 0.196. The van der Waals surface area contributed by atoms with Gasteiger partial charge < -0.3 is 5.11 Å². The van der Waals surface area contributed by atoms with Gasteiger partial charge in [-0.05, 0) is 24.7 Å². The van der Waals surface area contributed by atoms with Crippen molar-refractivity contribution in [1.29, 1.82) is 0 Å². The Morgan fingerprint density at radius 2 is 1.14 bits per heavy atom. The van der Waals surface area contributed by atoms with Crippen LogP contribution in [0.3, 0.4) is 0 Å². The number of aliphatic carboxylic acids is 1. The second-order valence-corrected chi connectivity index (χ2v) is 9.57. The van der Waals surface area contributed by atoms with Crippen LogP contribution >= 0.6 is 0 Å². The smallest absolute Gasteiger partial charge is 0.306 e. The number of hydrogen-bond donors (Lipinski definition) is 1. The Hall–Kier alpha value is -0.530. The minimum Gasteiger partial charge on any atom is -0.481 e. The first-order valence-electron chi connectivity index (χ1n) is 12.7. The zero-order valence-electron chi connectivity index (χ0n) is 19.8. The third-order valence-corrected chi connectivity index (χ3v) is 6.21. The Labute approximate surface area is 177 Å². The summed E-state index contributed by atoms with van der Waals surface area (Å²) in [6, 6.07) is 0. The molecule has 0 saturated carbocycles. The molecule has 0 aliphatic heterocycles. The van der Waals surface area contributed by atoms with Crippen LogP contribution in [0.25, 0.3) is 0 Å². The molecule has 0 radical (unpaired) electrons. The highest BCUT2D eigenvalue weighted by Crippen LogP contribution is 2.27. The molecule has 168 valence electrons. The number of rotatable bonds is 21. The summed E-state index contributed by atoms with van der Waals surface area (Å²) in [6.07, 6.45) is 22.4. The van der Waals surface area contributed by atoms with Crippen LogP contribution < -0.4 is 0 Å². The minimum atomic E-state index is -0.557. The molecular weight excluding hydrogens is 344 g/mol. The Morgan fingerprint density at radius 1 is 0.643 bits per heavy atom. The fourth-order valence-corrected chi connectivity index (χ4v) is 4.40. The van der Waals surface area contributed by atoms with Crippen LogP contribution in [0.2, 0.25) is 0 Å². The second-order valence-electron chi connectivity index (χ2n) is 9.57. The molecule has 2 atom stereocenters. The zero-order chi connectivity index (χ0) is 21.0. The lowest BCUT2D eigenvalue weighted by Gasteiger charge is -2.21. The molecule has 0 fully saturated rings. The molecule has 0 saturated heterocycles. The Balaban J connectivity index is 3.81. The zero-order valence-corrected chi connectivity index (χ0v) is 19.8. The minimum absolute atomic E-state index is 0.112. The van der Waals surface area contributed by atoms with Crippen molar-refractivity contribution in [2.45, 2.75) is 143 Å². The van der Waals surface area contributed by atoms with Gasteiger partial charge in [0.05, 0.1) is 5.92 Å². The van der Waals surface area contributed by atoms with E-state index in [-0.39, 0.29) is 5.92 Å². The van der Waals surface area contributed by atoms with Crippen molar-refractivity contribution < 1.29 is 9.90 Å². The SMILES string of the molecule is CCCCCC(CCC)CC(CCCCCCCCCCCC(C)C)C(=O)O. The normalized spacial score (nSPS) is 13.8. The van der Waals surface area contributed by atoms with Gasteiger partial charge in [-0.3, -0.25) is 4.79 Å². The lowest BCUT2D eigenvalue weighted by Crippen LogP contribution is -2.18. The molecule has 2 heteroatoms. The van der Waals surface area contributed by atoms with E-state index in [1.54, 1.807) is 0 Å². The third-order valence-electron chi connectivity index (χ3n) is 6.21. The van der Waals surface area contributed by atoms with E-state index in [4.69, 9.17) is 0 Å². The summed E-state index contributed by atoms with van der Waals surface area (Å²) in [5.41, 5.74) is 0. The van der Waals surface area contributed by atoms with Gasteiger partial charge in [-0.1, -0.05) is 130 Å². The van der Waals surface area contributed by atoms with Crippen LogP contribution in [0.5, 0.6) is 0 Å². The van der Waals surface area contributed by atoms with Crippen LogP contribution in [0.4, 0.5) is 0 Å². The van der Waals surface area contributed by atoms with Gasteiger partial charge in [0.15, 0.2) is 0 Å². The highest BCUT2D eigenvalue weighted by molar-refractivity contribution is 5.69. The van der Waals surface area contributed by atoms with Crippen LogP contribution in [0.15, 0.2) is 0 Å². The lowest BCUT2D eigenvalue weighted by atomic mass is 9.85. The fourth-order valence-electron chi connectivity index (χ4n) is 4.40. The van der Waals surface area contributed by atoms with E-state index in [1.807, 2.05) is 0 Å². The largest absolute Gasteiger partial charge is 0.481 e. The maximum Gasteiger partial charge on any atom is 0.306 e. The molecular formula is C26H52O2. The molecule has 0 aliphatic carbocycles. The molecule has 2 nitrogen and oxygen atoms in total. The van der Waals surface area contributed by atoms with Crippen molar-refractivity contribution in [2.24, 2.45) is 17.8 Å². The summed E-state index contributed by atoms with van der Waals surface area (Å²) < 4.78 is 0. The number of unbranched alkanes of at least 4 members (excludes halogenated alkanes) is 10. The average molecular weight is 397 g/mol. The molecule has 1 N–H and O–H groups in total. The Morgan fingerprint density at radius 3 is 1.61 bits per heavy atom. The Kier molecular flexibility index (Phi) is 19.4. The van der Waals surface area contributed by atoms with Gasteiger partial charge >= 0.3 is 5.97 Å². The van der Waals surface area contributed by atoms with Gasteiger partial charge in [-0.2, -0.15) is 0 Å². The van der Waals surface area contributed by atoms with Crippen molar-refractivity contribution in [1.82, 2.24) is 0 Å². The maximum absolute atomic E-state index is 11.7. The number of carboxylic acid groups (broad SMARTS) is 1. The van der Waals surface area contributed by atoms with E-state index in [1.165, 1.54) is 96.3 Å². The van der Waals surface area contributed by atoms with E-state index in [0.29, 0.717) is 5.92 Å². The first-order chi connectivity index (χ1) is 13.5. The summed E-state index contributed by atoms with van der Waals surface area (Å²) in [5.74, 6) is 0.800. The summed E-state index contributed by atoms with van der Waals surface area (Å²) in [4.78, 5) is 11.7. The van der Waals surface area contributed by atoms with E-state index < -0.39 is 5.97 Å². The molecule has 0 amide bonds. The molecule has 0 aromatic carbocycles. The average Bonchev–Trinajstić information content (AvgIpc) is 2.64. The van der Waals surface area contributed by atoms with E-state index in [9.17, 15) is 9.90 Å². The van der Waals surface area contributed by atoms with E-state index in [2.05, 4.69) is 27.7 Å². The van der Waals surface area contributed by atoms with Crippen molar-refractivity contribution in [3.63, 3.8) is 0 Å². The molecule has 0 aromatic heterocycles. The maximum atomic E-state index is 11.7. The van der Waals surface area contributed by atoms with Crippen molar-refractivity contribution in [3.8, 4) is 0 Å². The predicted molar refractivity (Wildman–Crippen MR) is 124 cm³/mol. The summed E-state index contributed by atoms with van der Waals surface area (Å²) in [5, 5.41) is 9.64. The molecule has 2 unspecified atom stereocenters. The standard InChI is InChI=1S/C26H52O2/c1-5-7-15-20-24(18-6-2)22-25(26(27)28)21-17-14-12-10-8-9-11-13-16-19-23(3)4/h23-25H,5-22H2,1-4H3,(H,27,28). The highest BCUT2D eigenvalue weighted by atomic mass is 16.4. The van der Waals surface area contributed by atoms with Crippen molar-refractivity contribution in [3.05, 3.63) is 0 Å². The second kappa shape index (κ2) is 19.8. The van der Waals surface area contributed by atoms with Crippen LogP contribution in [0, 0.1) is 17.8 Å². The Bertz CT molecular complexity index is 337. The summed E-state index contributed by atoms with van der Waals surface area (Å²) in [6.45, 7) is 9.09. The molecule has 0 heterocycles. The lowest BCUT2D eigenvalue weighted by molar-refractivity contribution is -0.142. The molecule has 0 rings (SSSR count). The van der Waals surface area contributed by atoms with Gasteiger partial charge in [0.1, 0.15) is 0 Å². The van der Waals surface area contributed by atoms with Gasteiger partial charge in [-0.25, -0.2) is 0 Å². The van der Waals surface area contributed by atoms with Gasteiger partial charge in [0.2, 0.25) is 0 Å². The van der Waals surface area contributed by atoms with Crippen LogP contribution in [-0.2, 0) is 4.79 Å². The first kappa shape index (κ1) is 27.5. The summed E-state index contributed by atoms with van der Waals surface area (Å²) in [7, 11) is 0. The molecule has 0 bridgehead atoms. The van der Waals surface area contributed by atoms with Crippen LogP contribution in [-0.4, -0.2) is 11.1 Å². The number of carboxylic acids is 1. The van der Waals surface area contributed by atoms with Crippen molar-refractivity contribution >= 4 is 5.97 Å². The monoisotopic (exact) mass is 396 g/mol. The third kappa shape index (κ3) is 17.6. The van der Waals surface area contributed by atoms with E-state index >= 15 is 0 Å². The van der Waals surface area contributed by atoms with Gasteiger partial charge in [-0.15, -0.1) is 0 Å². The van der Waals surface area contributed by atoms with Crippen molar-refractivity contribution in [2.75, 3.05) is 0 Å². The topological polar surface area (TPSA) is 37.3 Å². The molecule has 0 spiro atoms. The molecule has 0 aliphatic rings. The predicted octanol–water partition coefficient (Wildman–Crippen LogP) is 9.02. The fraction of sp³-hybridized carbons (Fsp3) is 0.962. The molecule has 28 heavy (non-hydrogen) atoms. The van der Waals surface area contributed by atoms with Crippen LogP contribution in [0.1, 0.15) is 143 Å². The van der Waals surface area contributed by atoms with E-state index in [0.717, 1.165) is 25.2 Å². The highest BCUT2D eigenvalue weighted by Gasteiger charge is 2.21.